The molecule has 4 aliphatic carbocycles. The monoisotopic (exact) mass is 606 g/mol. The second kappa shape index (κ2) is 10.7. The minimum atomic E-state index is -3.16. The Morgan fingerprint density at radius 3 is 2.07 bits per heavy atom. The van der Waals surface area contributed by atoms with E-state index in [1.165, 1.54) is 10.6 Å². The Bertz CT molecular complexity index is 1490. The third-order valence-electron chi connectivity index (χ3n) is 10.5. The number of nitrogens with one attached hydrogen (secondary N) is 2. The molecule has 2 aromatic carbocycles. The van der Waals surface area contributed by atoms with Crippen LogP contribution in [-0.2, 0) is 14.8 Å². The number of fused-ring (bicyclic) bond motifs is 1. The van der Waals surface area contributed by atoms with Crippen molar-refractivity contribution in [1.82, 2.24) is 14.9 Å². The number of amides is 3. The zero-order chi connectivity index (χ0) is 29.9. The highest BCUT2D eigenvalue weighted by molar-refractivity contribution is 7.88. The van der Waals surface area contributed by atoms with E-state index in [4.69, 9.17) is 0 Å². The fourth-order valence-electron chi connectivity index (χ4n) is 8.97. The molecule has 2 aromatic rings. The van der Waals surface area contributed by atoms with Crippen molar-refractivity contribution in [3.05, 3.63) is 48.5 Å². The standard InChI is InChI=1S/C32H42N6O4S/c1-22(39)34-32-19-23-17-24(20-32)30(25(18-23)21-32)33-31(40)38-16-15-37(28-5-3-4-6-29(28)38)27-9-7-26(8-10-27)35-11-13-36(14-12-35)43(2,41)42/h3-10,23-25,30H,11-21H2,1-2H3,(H,33,40)(H,34,39)/t23?,24-,25+,30-,32-. The van der Waals surface area contributed by atoms with Gasteiger partial charge in [-0.15, -0.1) is 0 Å². The van der Waals surface area contributed by atoms with Crippen LogP contribution in [0.2, 0.25) is 0 Å². The quantitative estimate of drug-likeness (QED) is 0.540. The fourth-order valence-corrected chi connectivity index (χ4v) is 9.80. The summed E-state index contributed by atoms with van der Waals surface area (Å²) in [5, 5.41) is 6.76. The molecule has 0 aromatic heterocycles. The van der Waals surface area contributed by atoms with Gasteiger partial charge in [0.25, 0.3) is 0 Å². The van der Waals surface area contributed by atoms with Gasteiger partial charge in [-0.05, 0) is 86.3 Å². The van der Waals surface area contributed by atoms with E-state index in [2.05, 4.69) is 50.8 Å². The Morgan fingerprint density at radius 2 is 1.44 bits per heavy atom. The lowest BCUT2D eigenvalue weighted by atomic mass is 9.51. The van der Waals surface area contributed by atoms with Crippen LogP contribution in [0.1, 0.15) is 39.0 Å². The minimum Gasteiger partial charge on any atom is -0.369 e. The van der Waals surface area contributed by atoms with E-state index in [0.717, 1.165) is 54.9 Å². The van der Waals surface area contributed by atoms with Crippen molar-refractivity contribution in [3.8, 4) is 0 Å². The normalized spacial score (nSPS) is 30.2. The number of piperazine rings is 1. The predicted molar refractivity (Wildman–Crippen MR) is 168 cm³/mol. The average Bonchev–Trinajstić information content (AvgIpc) is 2.97. The molecule has 43 heavy (non-hydrogen) atoms. The second-order valence-electron chi connectivity index (χ2n) is 13.4. The predicted octanol–water partition coefficient (Wildman–Crippen LogP) is 3.52. The average molecular weight is 607 g/mol. The van der Waals surface area contributed by atoms with Gasteiger partial charge in [0.15, 0.2) is 0 Å². The lowest BCUT2D eigenvalue weighted by Crippen LogP contribution is -2.67. The summed E-state index contributed by atoms with van der Waals surface area (Å²) in [5.74, 6) is 1.52. The van der Waals surface area contributed by atoms with Crippen LogP contribution >= 0.6 is 0 Å². The van der Waals surface area contributed by atoms with E-state index >= 15 is 0 Å². The Kier molecular flexibility index (Phi) is 7.08. The van der Waals surface area contributed by atoms with Gasteiger partial charge in [0.1, 0.15) is 0 Å². The maximum absolute atomic E-state index is 13.8. The van der Waals surface area contributed by atoms with E-state index in [1.807, 2.05) is 23.1 Å². The van der Waals surface area contributed by atoms with Crippen LogP contribution in [-0.4, -0.2) is 81.8 Å². The molecule has 2 heterocycles. The van der Waals surface area contributed by atoms with E-state index in [9.17, 15) is 18.0 Å². The Morgan fingerprint density at radius 1 is 0.814 bits per heavy atom. The number of hydrogen-bond donors (Lipinski definition) is 2. The van der Waals surface area contributed by atoms with Gasteiger partial charge >= 0.3 is 6.03 Å². The zero-order valence-electron chi connectivity index (χ0n) is 25.0. The fraction of sp³-hybridized carbons (Fsp3) is 0.562. The highest BCUT2D eigenvalue weighted by Gasteiger charge is 2.56. The first-order valence-corrected chi connectivity index (χ1v) is 17.5. The second-order valence-corrected chi connectivity index (χ2v) is 15.3. The van der Waals surface area contributed by atoms with Crippen molar-refractivity contribution >= 4 is 44.7 Å². The van der Waals surface area contributed by atoms with Gasteiger partial charge in [-0.25, -0.2) is 13.2 Å². The van der Waals surface area contributed by atoms with Crippen LogP contribution < -0.4 is 25.3 Å². The maximum atomic E-state index is 13.8. The largest absolute Gasteiger partial charge is 0.369 e. The summed E-state index contributed by atoms with van der Waals surface area (Å²) in [5.41, 5.74) is 3.98. The first-order valence-electron chi connectivity index (χ1n) is 15.6. The molecule has 3 amide bonds. The molecule has 2 N–H and O–H groups in total. The Labute approximate surface area is 254 Å². The number of hydrogen-bond acceptors (Lipinski definition) is 6. The van der Waals surface area contributed by atoms with Gasteiger partial charge in [0.2, 0.25) is 15.9 Å². The van der Waals surface area contributed by atoms with E-state index < -0.39 is 10.0 Å². The topological polar surface area (TPSA) is 105 Å². The molecular formula is C32H42N6O4S. The Balaban J connectivity index is 1.04. The first-order chi connectivity index (χ1) is 20.6. The number of benzene rings is 2. The molecule has 0 spiro atoms. The number of carbonyl (C=O) groups excluding carboxylic acids is 2. The summed E-state index contributed by atoms with van der Waals surface area (Å²) >= 11 is 0. The van der Waals surface area contributed by atoms with Crippen molar-refractivity contribution in [1.29, 1.82) is 0 Å². The van der Waals surface area contributed by atoms with Crippen LogP contribution in [0.15, 0.2) is 48.5 Å². The van der Waals surface area contributed by atoms with Crippen molar-refractivity contribution in [2.45, 2.75) is 50.6 Å². The lowest BCUT2D eigenvalue weighted by Gasteiger charge is -2.60. The molecule has 6 aliphatic rings. The van der Waals surface area contributed by atoms with Gasteiger partial charge in [-0.3, -0.25) is 9.69 Å². The summed E-state index contributed by atoms with van der Waals surface area (Å²) in [4.78, 5) is 32.2. The van der Waals surface area contributed by atoms with Gasteiger partial charge in [-0.1, -0.05) is 12.1 Å². The van der Waals surface area contributed by atoms with Gasteiger partial charge < -0.3 is 20.4 Å². The number of rotatable bonds is 5. The zero-order valence-corrected chi connectivity index (χ0v) is 25.9. The molecule has 4 saturated carbocycles. The third-order valence-corrected chi connectivity index (χ3v) is 11.8. The molecule has 11 heteroatoms. The third kappa shape index (κ3) is 5.35. The number of anilines is 4. The summed E-state index contributed by atoms with van der Waals surface area (Å²) in [7, 11) is -3.16. The molecular weight excluding hydrogens is 564 g/mol. The van der Waals surface area contributed by atoms with Crippen LogP contribution in [0.4, 0.5) is 27.5 Å². The van der Waals surface area contributed by atoms with E-state index in [-0.39, 0.29) is 23.5 Å². The molecule has 1 saturated heterocycles. The summed E-state index contributed by atoms with van der Waals surface area (Å²) in [6, 6.07) is 16.7. The van der Waals surface area contributed by atoms with Crippen LogP contribution in [0.3, 0.4) is 0 Å². The van der Waals surface area contributed by atoms with E-state index in [1.54, 1.807) is 6.92 Å². The van der Waals surface area contributed by atoms with Crippen molar-refractivity contribution in [2.75, 3.05) is 60.2 Å². The molecule has 230 valence electrons. The Hall–Kier alpha value is -3.31. The number of carbonyl (C=O) groups is 2. The lowest BCUT2D eigenvalue weighted by molar-refractivity contribution is -0.125. The first kappa shape index (κ1) is 28.5. The summed E-state index contributed by atoms with van der Waals surface area (Å²) in [6.07, 6.45) is 6.53. The van der Waals surface area contributed by atoms with Crippen molar-refractivity contribution in [2.24, 2.45) is 17.8 Å². The smallest absolute Gasteiger partial charge is 0.322 e. The molecule has 1 unspecified atom stereocenters. The molecule has 5 fully saturated rings. The number of nitrogens with zero attached hydrogens (tertiary/aromatic N) is 4. The number of urea groups is 1. The van der Waals surface area contributed by atoms with Crippen LogP contribution in [0.5, 0.6) is 0 Å². The highest BCUT2D eigenvalue weighted by Crippen LogP contribution is 2.56. The number of sulfonamides is 1. The van der Waals surface area contributed by atoms with E-state index in [0.29, 0.717) is 57.0 Å². The molecule has 5 atom stereocenters. The molecule has 4 bridgehead atoms. The highest BCUT2D eigenvalue weighted by atomic mass is 32.2. The molecule has 0 radical (unpaired) electrons. The van der Waals surface area contributed by atoms with Crippen molar-refractivity contribution < 1.29 is 18.0 Å². The van der Waals surface area contributed by atoms with Gasteiger partial charge in [0.05, 0.1) is 17.6 Å². The summed E-state index contributed by atoms with van der Waals surface area (Å²) in [6.45, 7) is 5.21. The summed E-state index contributed by atoms with van der Waals surface area (Å²) < 4.78 is 25.3. The maximum Gasteiger partial charge on any atom is 0.322 e. The number of para-hydroxylation sites is 2. The van der Waals surface area contributed by atoms with Crippen LogP contribution in [0, 0.1) is 17.8 Å². The molecule has 8 rings (SSSR count). The van der Waals surface area contributed by atoms with Crippen LogP contribution in [0.25, 0.3) is 0 Å². The van der Waals surface area contributed by atoms with Gasteiger partial charge in [-0.2, -0.15) is 4.31 Å². The minimum absolute atomic E-state index is 0.0262. The van der Waals surface area contributed by atoms with Gasteiger partial charge in [0, 0.05) is 69.1 Å². The van der Waals surface area contributed by atoms with Crippen molar-refractivity contribution in [3.63, 3.8) is 0 Å². The molecule has 2 aliphatic heterocycles. The SMILES string of the molecule is CC(=O)N[C@]12CC3C[C@H](C1)[C@@H](NC(=O)N1CCN(c4ccc(N5CCN(S(C)(=O)=O)CC5)cc4)c4ccccc41)[C@@H](C3)C2. The molecule has 10 nitrogen and oxygen atoms in total.